The zero-order chi connectivity index (χ0) is 11.6. The molecule has 1 aromatic carbocycles. The smallest absolute Gasteiger partial charge is 0.240 e. The second-order valence-electron chi connectivity index (χ2n) is 3.80. The number of carbonyl (C=O) groups is 1. The first-order chi connectivity index (χ1) is 6.93. The van der Waals surface area contributed by atoms with Crippen LogP contribution >= 0.6 is 15.9 Å². The molecular formula is C12H16BrNO. The van der Waals surface area contributed by atoms with Crippen LogP contribution in [0.3, 0.4) is 0 Å². The van der Waals surface area contributed by atoms with Crippen molar-refractivity contribution >= 4 is 27.5 Å². The van der Waals surface area contributed by atoms with Gasteiger partial charge in [0.25, 0.3) is 0 Å². The number of amides is 1. The van der Waals surface area contributed by atoms with Gasteiger partial charge >= 0.3 is 0 Å². The zero-order valence-electron chi connectivity index (χ0n) is 9.54. The molecule has 0 saturated heterocycles. The van der Waals surface area contributed by atoms with E-state index in [0.717, 1.165) is 11.3 Å². The topological polar surface area (TPSA) is 20.3 Å². The predicted octanol–water partition coefficient (Wildman–Crippen LogP) is 3.05. The maximum absolute atomic E-state index is 11.8. The van der Waals surface area contributed by atoms with E-state index < -0.39 is 0 Å². The van der Waals surface area contributed by atoms with Crippen LogP contribution < -0.4 is 4.90 Å². The first-order valence-corrected chi connectivity index (χ1v) is 5.84. The summed E-state index contributed by atoms with van der Waals surface area (Å²) in [6.45, 7) is 5.90. The van der Waals surface area contributed by atoms with Crippen LogP contribution in [0.15, 0.2) is 18.2 Å². The van der Waals surface area contributed by atoms with Gasteiger partial charge in [-0.3, -0.25) is 4.79 Å². The fourth-order valence-corrected chi connectivity index (χ4v) is 1.87. The summed E-state index contributed by atoms with van der Waals surface area (Å²) < 4.78 is 0. The van der Waals surface area contributed by atoms with Gasteiger partial charge < -0.3 is 4.90 Å². The highest BCUT2D eigenvalue weighted by molar-refractivity contribution is 9.10. The van der Waals surface area contributed by atoms with Crippen molar-refractivity contribution in [2.75, 3.05) is 11.9 Å². The van der Waals surface area contributed by atoms with E-state index in [0.29, 0.717) is 0 Å². The molecule has 1 atom stereocenters. The SMILES string of the molecule is Cc1ccc(N(C)C(=O)C(C)Br)c(C)c1. The lowest BCUT2D eigenvalue weighted by Crippen LogP contribution is -2.32. The lowest BCUT2D eigenvalue weighted by molar-refractivity contribution is -0.117. The maximum Gasteiger partial charge on any atom is 0.240 e. The molecule has 0 spiro atoms. The monoisotopic (exact) mass is 269 g/mol. The summed E-state index contributed by atoms with van der Waals surface area (Å²) in [5.41, 5.74) is 3.31. The molecule has 0 heterocycles. The second kappa shape index (κ2) is 4.79. The zero-order valence-corrected chi connectivity index (χ0v) is 11.1. The van der Waals surface area contributed by atoms with Crippen molar-refractivity contribution in [2.24, 2.45) is 0 Å². The van der Waals surface area contributed by atoms with Crippen LogP contribution in [-0.2, 0) is 4.79 Å². The highest BCUT2D eigenvalue weighted by Gasteiger charge is 2.16. The molecule has 1 unspecified atom stereocenters. The van der Waals surface area contributed by atoms with Gasteiger partial charge in [0.2, 0.25) is 5.91 Å². The van der Waals surface area contributed by atoms with E-state index in [1.807, 2.05) is 32.9 Å². The lowest BCUT2D eigenvalue weighted by atomic mass is 10.1. The van der Waals surface area contributed by atoms with E-state index in [1.54, 1.807) is 11.9 Å². The van der Waals surface area contributed by atoms with Gasteiger partial charge in [-0.1, -0.05) is 33.6 Å². The molecule has 0 aromatic heterocycles. The molecule has 0 bridgehead atoms. The number of hydrogen-bond donors (Lipinski definition) is 0. The third kappa shape index (κ3) is 2.81. The van der Waals surface area contributed by atoms with Crippen LogP contribution in [0.1, 0.15) is 18.1 Å². The van der Waals surface area contributed by atoms with Crippen LogP contribution in [0, 0.1) is 13.8 Å². The molecule has 82 valence electrons. The Kier molecular flexibility index (Phi) is 3.91. The van der Waals surface area contributed by atoms with E-state index in [9.17, 15) is 4.79 Å². The summed E-state index contributed by atoms with van der Waals surface area (Å²) in [7, 11) is 1.80. The molecule has 1 amide bonds. The number of anilines is 1. The van der Waals surface area contributed by atoms with Crippen molar-refractivity contribution in [2.45, 2.75) is 25.6 Å². The quantitative estimate of drug-likeness (QED) is 0.756. The van der Waals surface area contributed by atoms with Gasteiger partial charge in [0, 0.05) is 12.7 Å². The van der Waals surface area contributed by atoms with Gasteiger partial charge in [-0.15, -0.1) is 0 Å². The van der Waals surface area contributed by atoms with Crippen LogP contribution in [0.4, 0.5) is 5.69 Å². The Labute approximate surface area is 99.4 Å². The molecule has 0 aliphatic rings. The summed E-state index contributed by atoms with van der Waals surface area (Å²) in [5, 5.41) is 0. The van der Waals surface area contributed by atoms with Gasteiger partial charge in [-0.25, -0.2) is 0 Å². The minimum atomic E-state index is -0.150. The van der Waals surface area contributed by atoms with Crippen molar-refractivity contribution in [1.29, 1.82) is 0 Å². The van der Waals surface area contributed by atoms with Gasteiger partial charge in [0.1, 0.15) is 0 Å². The van der Waals surface area contributed by atoms with Crippen molar-refractivity contribution in [3.8, 4) is 0 Å². The fraction of sp³-hybridized carbons (Fsp3) is 0.417. The molecule has 2 nitrogen and oxygen atoms in total. The average molecular weight is 270 g/mol. The Balaban J connectivity index is 3.01. The second-order valence-corrected chi connectivity index (χ2v) is 5.18. The van der Waals surface area contributed by atoms with Gasteiger partial charge in [-0.2, -0.15) is 0 Å². The molecule has 1 rings (SSSR count). The Morgan fingerprint density at radius 1 is 1.40 bits per heavy atom. The Morgan fingerprint density at radius 2 is 2.00 bits per heavy atom. The molecule has 15 heavy (non-hydrogen) atoms. The molecular weight excluding hydrogens is 254 g/mol. The minimum Gasteiger partial charge on any atom is -0.314 e. The number of aryl methyl sites for hydroxylation is 2. The maximum atomic E-state index is 11.8. The van der Waals surface area contributed by atoms with E-state index in [-0.39, 0.29) is 10.7 Å². The van der Waals surface area contributed by atoms with Crippen LogP contribution in [0.5, 0.6) is 0 Å². The standard InChI is InChI=1S/C12H16BrNO/c1-8-5-6-11(9(2)7-8)14(4)12(15)10(3)13/h5-7,10H,1-4H3. The van der Waals surface area contributed by atoms with Crippen molar-refractivity contribution in [1.82, 2.24) is 0 Å². The molecule has 1 aromatic rings. The summed E-state index contributed by atoms with van der Waals surface area (Å²) in [4.78, 5) is 13.3. The first kappa shape index (κ1) is 12.2. The highest BCUT2D eigenvalue weighted by atomic mass is 79.9. The van der Waals surface area contributed by atoms with Crippen molar-refractivity contribution in [3.05, 3.63) is 29.3 Å². The molecule has 0 aliphatic carbocycles. The molecule has 0 N–H and O–H groups in total. The highest BCUT2D eigenvalue weighted by Crippen LogP contribution is 2.21. The molecule has 0 aliphatic heterocycles. The van der Waals surface area contributed by atoms with E-state index in [2.05, 4.69) is 22.0 Å². The summed E-state index contributed by atoms with van der Waals surface area (Å²) >= 11 is 3.29. The number of nitrogens with zero attached hydrogens (tertiary/aromatic N) is 1. The fourth-order valence-electron chi connectivity index (χ4n) is 1.57. The predicted molar refractivity (Wildman–Crippen MR) is 67.7 cm³/mol. The average Bonchev–Trinajstić information content (AvgIpc) is 2.15. The van der Waals surface area contributed by atoms with E-state index in [4.69, 9.17) is 0 Å². The Bertz CT molecular complexity index is 374. The number of carbonyl (C=O) groups excluding carboxylic acids is 1. The number of hydrogen-bond acceptors (Lipinski definition) is 1. The van der Waals surface area contributed by atoms with Gasteiger partial charge in [-0.05, 0) is 32.4 Å². The van der Waals surface area contributed by atoms with Gasteiger partial charge in [0.15, 0.2) is 0 Å². The third-order valence-electron chi connectivity index (χ3n) is 2.38. The largest absolute Gasteiger partial charge is 0.314 e. The number of benzene rings is 1. The number of alkyl halides is 1. The Morgan fingerprint density at radius 3 is 2.47 bits per heavy atom. The number of halogens is 1. The number of rotatable bonds is 2. The normalized spacial score (nSPS) is 12.3. The molecule has 0 saturated carbocycles. The van der Waals surface area contributed by atoms with Crippen LogP contribution in [0.25, 0.3) is 0 Å². The third-order valence-corrected chi connectivity index (χ3v) is 2.78. The minimum absolute atomic E-state index is 0.0713. The van der Waals surface area contributed by atoms with Crippen LogP contribution in [0.2, 0.25) is 0 Å². The van der Waals surface area contributed by atoms with Crippen molar-refractivity contribution in [3.63, 3.8) is 0 Å². The lowest BCUT2D eigenvalue weighted by Gasteiger charge is -2.21. The molecule has 3 heteroatoms. The van der Waals surface area contributed by atoms with Gasteiger partial charge in [0.05, 0.1) is 4.83 Å². The first-order valence-electron chi connectivity index (χ1n) is 4.92. The van der Waals surface area contributed by atoms with Crippen LogP contribution in [-0.4, -0.2) is 17.8 Å². The summed E-state index contributed by atoms with van der Waals surface area (Å²) in [6.07, 6.45) is 0. The van der Waals surface area contributed by atoms with E-state index in [1.165, 1.54) is 5.56 Å². The van der Waals surface area contributed by atoms with E-state index >= 15 is 0 Å². The molecule has 0 radical (unpaired) electrons. The van der Waals surface area contributed by atoms with Crippen molar-refractivity contribution < 1.29 is 4.79 Å². The summed E-state index contributed by atoms with van der Waals surface area (Å²) in [6, 6.07) is 6.08. The summed E-state index contributed by atoms with van der Waals surface area (Å²) in [5.74, 6) is 0.0713. The Hall–Kier alpha value is -0.830. The molecule has 0 fully saturated rings.